The van der Waals surface area contributed by atoms with E-state index >= 15 is 0 Å². The van der Waals surface area contributed by atoms with Crippen LogP contribution >= 0.6 is 23.1 Å². The number of fused-ring (bicyclic) bond motifs is 1. The number of aromatic nitrogens is 5. The molecule has 0 radical (unpaired) electrons. The molecule has 1 aliphatic rings. The number of tetrazole rings is 1. The first-order valence-electron chi connectivity index (χ1n) is 7.27. The molecule has 7 nitrogen and oxygen atoms in total. The maximum absolute atomic E-state index is 12.1. The molecular weight excluding hydrogens is 332 g/mol. The zero-order valence-electron chi connectivity index (χ0n) is 12.4. The van der Waals surface area contributed by atoms with E-state index < -0.39 is 0 Å². The van der Waals surface area contributed by atoms with E-state index in [1.54, 1.807) is 4.68 Å². The number of benzene rings is 1. The Morgan fingerprint density at radius 2 is 2.35 bits per heavy atom. The molecule has 1 aliphatic carbocycles. The van der Waals surface area contributed by atoms with Gasteiger partial charge in [0.2, 0.25) is 11.1 Å². The summed E-state index contributed by atoms with van der Waals surface area (Å²) >= 11 is 2.83. The van der Waals surface area contributed by atoms with Crippen molar-refractivity contribution in [3.8, 4) is 0 Å². The number of carbonyl (C=O) groups is 1. The molecule has 2 heterocycles. The summed E-state index contributed by atoms with van der Waals surface area (Å²) < 4.78 is 2.88. The fourth-order valence-corrected chi connectivity index (χ4v) is 3.92. The van der Waals surface area contributed by atoms with E-state index in [1.807, 2.05) is 19.1 Å². The first kappa shape index (κ1) is 14.6. The van der Waals surface area contributed by atoms with Crippen LogP contribution in [0, 0.1) is 6.92 Å². The molecular formula is C14H14N6OS2. The van der Waals surface area contributed by atoms with Crippen molar-refractivity contribution in [1.29, 1.82) is 0 Å². The minimum absolute atomic E-state index is 0.101. The predicted molar refractivity (Wildman–Crippen MR) is 89.8 cm³/mol. The summed E-state index contributed by atoms with van der Waals surface area (Å²) in [6.45, 7) is 2.04. The van der Waals surface area contributed by atoms with Crippen molar-refractivity contribution in [2.75, 3.05) is 11.1 Å². The summed E-state index contributed by atoms with van der Waals surface area (Å²) in [5.74, 6) is 0.165. The highest BCUT2D eigenvalue weighted by Crippen LogP contribution is 2.36. The van der Waals surface area contributed by atoms with Crippen LogP contribution in [-0.4, -0.2) is 36.9 Å². The second-order valence-electron chi connectivity index (χ2n) is 5.46. The van der Waals surface area contributed by atoms with Crippen molar-refractivity contribution in [2.24, 2.45) is 0 Å². The Balaban J connectivity index is 1.39. The summed E-state index contributed by atoms with van der Waals surface area (Å²) in [5, 5.41) is 15.8. The van der Waals surface area contributed by atoms with Crippen LogP contribution in [0.4, 0.5) is 5.13 Å². The number of nitrogens with one attached hydrogen (secondary N) is 1. The molecule has 1 fully saturated rings. The van der Waals surface area contributed by atoms with Crippen LogP contribution in [0.25, 0.3) is 10.2 Å². The van der Waals surface area contributed by atoms with Crippen molar-refractivity contribution in [1.82, 2.24) is 25.2 Å². The number of aryl methyl sites for hydroxylation is 1. The Morgan fingerprint density at radius 1 is 1.48 bits per heavy atom. The predicted octanol–water partition coefficient (Wildman–Crippen LogP) is 2.66. The van der Waals surface area contributed by atoms with Crippen molar-refractivity contribution < 1.29 is 4.79 Å². The number of nitrogens with zero attached hydrogens (tertiary/aromatic N) is 5. The van der Waals surface area contributed by atoms with Gasteiger partial charge in [-0.3, -0.25) is 4.79 Å². The molecule has 0 spiro atoms. The van der Waals surface area contributed by atoms with E-state index in [4.69, 9.17) is 0 Å². The summed E-state index contributed by atoms with van der Waals surface area (Å²) in [4.78, 5) is 16.5. The van der Waals surface area contributed by atoms with E-state index in [1.165, 1.54) is 28.7 Å². The van der Waals surface area contributed by atoms with Crippen molar-refractivity contribution in [3.05, 3.63) is 23.8 Å². The largest absolute Gasteiger partial charge is 0.301 e. The van der Waals surface area contributed by atoms with E-state index in [0.717, 1.165) is 23.1 Å². The zero-order valence-corrected chi connectivity index (χ0v) is 14.0. The lowest BCUT2D eigenvalue weighted by Crippen LogP contribution is -2.14. The summed E-state index contributed by atoms with van der Waals surface area (Å²) in [7, 11) is 0. The molecule has 0 bridgehead atoms. The molecule has 9 heteroatoms. The molecule has 118 valence electrons. The van der Waals surface area contributed by atoms with E-state index in [0.29, 0.717) is 16.3 Å². The second-order valence-corrected chi connectivity index (χ2v) is 7.44. The highest BCUT2D eigenvalue weighted by molar-refractivity contribution is 7.99. The fraction of sp³-hybridized carbons (Fsp3) is 0.357. The molecule has 0 unspecified atom stereocenters. The Labute approximate surface area is 140 Å². The monoisotopic (exact) mass is 346 g/mol. The van der Waals surface area contributed by atoms with Gasteiger partial charge in [0, 0.05) is 0 Å². The number of thioether (sulfide) groups is 1. The molecule has 1 amide bonds. The maximum atomic E-state index is 12.1. The van der Waals surface area contributed by atoms with Crippen molar-refractivity contribution in [3.63, 3.8) is 0 Å². The number of thiazole rings is 1. The van der Waals surface area contributed by atoms with Crippen LogP contribution in [0.2, 0.25) is 0 Å². The topological polar surface area (TPSA) is 85.6 Å². The van der Waals surface area contributed by atoms with Crippen LogP contribution in [-0.2, 0) is 4.79 Å². The van der Waals surface area contributed by atoms with Crippen LogP contribution < -0.4 is 5.32 Å². The Bertz CT molecular complexity index is 869. The van der Waals surface area contributed by atoms with Gasteiger partial charge in [-0.2, -0.15) is 0 Å². The van der Waals surface area contributed by atoms with E-state index in [2.05, 4.69) is 31.9 Å². The lowest BCUT2D eigenvalue weighted by Gasteiger charge is -2.02. The average Bonchev–Trinajstić information content (AvgIpc) is 3.12. The van der Waals surface area contributed by atoms with E-state index in [9.17, 15) is 4.79 Å². The minimum Gasteiger partial charge on any atom is -0.301 e. The molecule has 1 aromatic carbocycles. The van der Waals surface area contributed by atoms with Gasteiger partial charge in [0.15, 0.2) is 5.13 Å². The number of carbonyl (C=O) groups excluding carboxylic acids is 1. The third-order valence-electron chi connectivity index (χ3n) is 3.48. The van der Waals surface area contributed by atoms with Gasteiger partial charge < -0.3 is 5.32 Å². The number of amides is 1. The smallest absolute Gasteiger partial charge is 0.236 e. The van der Waals surface area contributed by atoms with Gasteiger partial charge in [0.25, 0.3) is 0 Å². The third kappa shape index (κ3) is 3.20. The van der Waals surface area contributed by atoms with Gasteiger partial charge >= 0.3 is 0 Å². The Morgan fingerprint density at radius 3 is 3.17 bits per heavy atom. The molecule has 3 aromatic rings. The number of hydrogen-bond donors (Lipinski definition) is 1. The molecule has 23 heavy (non-hydrogen) atoms. The standard InChI is InChI=1S/C14H14N6OS2/c1-8-2-5-10-11(6-8)23-13(15-10)16-12(21)7-22-14-17-18-19-20(14)9-3-4-9/h2,5-6,9H,3-4,7H2,1H3,(H,15,16,21). The van der Waals surface area contributed by atoms with Gasteiger partial charge in [-0.15, -0.1) is 5.10 Å². The summed E-state index contributed by atoms with van der Waals surface area (Å²) in [5.41, 5.74) is 2.09. The molecule has 0 atom stereocenters. The van der Waals surface area contributed by atoms with Crippen LogP contribution in [0.15, 0.2) is 23.4 Å². The Kier molecular flexibility index (Phi) is 3.74. The van der Waals surface area contributed by atoms with Crippen LogP contribution in [0.3, 0.4) is 0 Å². The van der Waals surface area contributed by atoms with Gasteiger partial charge in [-0.05, 0) is 47.9 Å². The molecule has 0 aliphatic heterocycles. The van der Waals surface area contributed by atoms with Crippen molar-refractivity contribution >= 4 is 44.4 Å². The lowest BCUT2D eigenvalue weighted by molar-refractivity contribution is -0.113. The van der Waals surface area contributed by atoms with Gasteiger partial charge in [-0.25, -0.2) is 9.67 Å². The van der Waals surface area contributed by atoms with Gasteiger partial charge in [0.1, 0.15) is 0 Å². The van der Waals surface area contributed by atoms with Crippen LogP contribution in [0.1, 0.15) is 24.4 Å². The van der Waals surface area contributed by atoms with Crippen molar-refractivity contribution in [2.45, 2.75) is 31.0 Å². The first-order valence-corrected chi connectivity index (χ1v) is 9.07. The minimum atomic E-state index is -0.101. The normalized spacial score (nSPS) is 14.3. The molecule has 1 N–H and O–H groups in total. The Hall–Kier alpha value is -2.00. The molecule has 4 rings (SSSR count). The van der Waals surface area contributed by atoms with E-state index in [-0.39, 0.29) is 11.7 Å². The van der Waals surface area contributed by atoms with Crippen LogP contribution in [0.5, 0.6) is 0 Å². The lowest BCUT2D eigenvalue weighted by atomic mass is 10.2. The SMILES string of the molecule is Cc1ccc2nc(NC(=O)CSc3nnnn3C3CC3)sc2c1. The maximum Gasteiger partial charge on any atom is 0.236 e. The quantitative estimate of drug-likeness (QED) is 0.715. The highest BCUT2D eigenvalue weighted by Gasteiger charge is 2.28. The number of anilines is 1. The number of rotatable bonds is 5. The van der Waals surface area contributed by atoms with Gasteiger partial charge in [-0.1, -0.05) is 29.2 Å². The van der Waals surface area contributed by atoms with Gasteiger partial charge in [0.05, 0.1) is 22.0 Å². The molecule has 1 saturated carbocycles. The highest BCUT2D eigenvalue weighted by atomic mass is 32.2. The summed E-state index contributed by atoms with van der Waals surface area (Å²) in [6, 6.07) is 6.46. The fourth-order valence-electron chi connectivity index (χ4n) is 2.20. The second kappa shape index (κ2) is 5.89. The summed E-state index contributed by atoms with van der Waals surface area (Å²) in [6.07, 6.45) is 2.21. The molecule has 2 aromatic heterocycles. The first-order chi connectivity index (χ1) is 11.2. The number of hydrogen-bond acceptors (Lipinski definition) is 7. The zero-order chi connectivity index (χ0) is 15.8. The molecule has 0 saturated heterocycles. The third-order valence-corrected chi connectivity index (χ3v) is 5.35. The average molecular weight is 346 g/mol.